The second-order valence-electron chi connectivity index (χ2n) is 5.33. The minimum Gasteiger partial charge on any atom is -0.309 e. The zero-order valence-electron chi connectivity index (χ0n) is 10.3. The van der Waals surface area contributed by atoms with Crippen molar-refractivity contribution in [3.8, 4) is 0 Å². The van der Waals surface area contributed by atoms with E-state index in [-0.39, 0.29) is 11.1 Å². The molecule has 1 atom stereocenters. The SMILES string of the molecule is CCC1(C)CNC(C)(C)CN1C/C=C/Cl. The Morgan fingerprint density at radius 2 is 2.07 bits per heavy atom. The standard InChI is InChI=1S/C12H23ClN2/c1-5-12(4)9-14-11(2,3)10-15(12)8-6-7-13/h6-7,14H,5,8-10H2,1-4H3/b7-6+. The van der Waals surface area contributed by atoms with Gasteiger partial charge in [0, 0.05) is 36.2 Å². The number of halogens is 1. The number of hydrogen-bond donors (Lipinski definition) is 1. The maximum Gasteiger partial charge on any atom is 0.0307 e. The van der Waals surface area contributed by atoms with Crippen molar-refractivity contribution in [2.24, 2.45) is 0 Å². The Morgan fingerprint density at radius 1 is 1.40 bits per heavy atom. The molecule has 0 aromatic rings. The summed E-state index contributed by atoms with van der Waals surface area (Å²) in [4.78, 5) is 2.52. The third kappa shape index (κ3) is 3.20. The van der Waals surface area contributed by atoms with Crippen molar-refractivity contribution < 1.29 is 0 Å². The molecule has 0 aliphatic carbocycles. The molecule has 0 amide bonds. The van der Waals surface area contributed by atoms with Gasteiger partial charge in [0.05, 0.1) is 0 Å². The van der Waals surface area contributed by atoms with Gasteiger partial charge >= 0.3 is 0 Å². The zero-order chi connectivity index (χ0) is 11.5. The van der Waals surface area contributed by atoms with Crippen LogP contribution in [0.4, 0.5) is 0 Å². The molecule has 1 rings (SSSR count). The first kappa shape index (κ1) is 13.0. The van der Waals surface area contributed by atoms with Gasteiger partial charge in [0.25, 0.3) is 0 Å². The highest BCUT2D eigenvalue weighted by Gasteiger charge is 2.38. The van der Waals surface area contributed by atoms with Gasteiger partial charge in [-0.2, -0.15) is 0 Å². The van der Waals surface area contributed by atoms with E-state index >= 15 is 0 Å². The topological polar surface area (TPSA) is 15.3 Å². The average Bonchev–Trinajstić information content (AvgIpc) is 2.20. The van der Waals surface area contributed by atoms with E-state index in [1.165, 1.54) is 0 Å². The highest BCUT2D eigenvalue weighted by atomic mass is 35.5. The molecule has 1 heterocycles. The van der Waals surface area contributed by atoms with Crippen LogP contribution >= 0.6 is 11.6 Å². The summed E-state index contributed by atoms with van der Waals surface area (Å²) in [6.07, 6.45) is 3.18. The minimum absolute atomic E-state index is 0.203. The van der Waals surface area contributed by atoms with Crippen LogP contribution in [0.1, 0.15) is 34.1 Å². The fraction of sp³-hybridized carbons (Fsp3) is 0.833. The second-order valence-corrected chi connectivity index (χ2v) is 5.58. The minimum atomic E-state index is 0.203. The van der Waals surface area contributed by atoms with Crippen molar-refractivity contribution in [2.45, 2.75) is 45.2 Å². The van der Waals surface area contributed by atoms with Gasteiger partial charge in [-0.1, -0.05) is 24.6 Å². The van der Waals surface area contributed by atoms with Crippen molar-refractivity contribution in [3.05, 3.63) is 11.6 Å². The van der Waals surface area contributed by atoms with Crippen molar-refractivity contribution >= 4 is 11.6 Å². The van der Waals surface area contributed by atoms with E-state index in [2.05, 4.69) is 37.9 Å². The molecule has 2 nitrogen and oxygen atoms in total. The highest BCUT2D eigenvalue weighted by molar-refractivity contribution is 6.25. The summed E-state index contributed by atoms with van der Waals surface area (Å²) in [5.41, 5.74) is 2.08. The van der Waals surface area contributed by atoms with E-state index in [0.717, 1.165) is 26.1 Å². The van der Waals surface area contributed by atoms with Crippen LogP contribution in [0.25, 0.3) is 0 Å². The lowest BCUT2D eigenvalue weighted by Gasteiger charge is -2.50. The Kier molecular flexibility index (Phi) is 4.21. The Labute approximate surface area is 98.7 Å². The van der Waals surface area contributed by atoms with Crippen LogP contribution in [0, 0.1) is 0 Å². The van der Waals surface area contributed by atoms with Gasteiger partial charge in [-0.25, -0.2) is 0 Å². The van der Waals surface area contributed by atoms with E-state index in [1.807, 2.05) is 6.08 Å². The van der Waals surface area contributed by atoms with Crippen LogP contribution in [-0.2, 0) is 0 Å². The Balaban J connectivity index is 2.73. The van der Waals surface area contributed by atoms with Crippen molar-refractivity contribution in [1.29, 1.82) is 0 Å². The first-order valence-electron chi connectivity index (χ1n) is 5.69. The lowest BCUT2D eigenvalue weighted by molar-refractivity contribution is 0.0345. The molecule has 0 spiro atoms. The van der Waals surface area contributed by atoms with Gasteiger partial charge < -0.3 is 5.32 Å². The largest absolute Gasteiger partial charge is 0.309 e. The molecule has 1 aliphatic rings. The van der Waals surface area contributed by atoms with Crippen LogP contribution in [0.5, 0.6) is 0 Å². The molecule has 1 aliphatic heterocycles. The summed E-state index contributed by atoms with van der Waals surface area (Å²) in [6, 6.07) is 0. The lowest BCUT2D eigenvalue weighted by Crippen LogP contribution is -2.66. The maximum absolute atomic E-state index is 5.61. The average molecular weight is 231 g/mol. The monoisotopic (exact) mass is 230 g/mol. The molecule has 3 heteroatoms. The molecular formula is C12H23ClN2. The summed E-state index contributed by atoms with van der Waals surface area (Å²) >= 11 is 5.61. The van der Waals surface area contributed by atoms with E-state index in [0.29, 0.717) is 0 Å². The molecule has 1 saturated heterocycles. The smallest absolute Gasteiger partial charge is 0.0307 e. The van der Waals surface area contributed by atoms with Gasteiger partial charge in [-0.05, 0) is 27.2 Å². The third-order valence-corrected chi connectivity index (χ3v) is 3.65. The first-order chi connectivity index (χ1) is 6.93. The molecule has 1 fully saturated rings. The lowest BCUT2D eigenvalue weighted by atomic mass is 9.88. The Morgan fingerprint density at radius 3 is 2.60 bits per heavy atom. The van der Waals surface area contributed by atoms with E-state index in [4.69, 9.17) is 11.6 Å². The molecule has 1 unspecified atom stereocenters. The quantitative estimate of drug-likeness (QED) is 0.802. The van der Waals surface area contributed by atoms with Gasteiger partial charge in [-0.15, -0.1) is 0 Å². The van der Waals surface area contributed by atoms with Gasteiger partial charge in [0.15, 0.2) is 0 Å². The highest BCUT2D eigenvalue weighted by Crippen LogP contribution is 2.26. The van der Waals surface area contributed by atoms with E-state index < -0.39 is 0 Å². The molecule has 0 radical (unpaired) electrons. The zero-order valence-corrected chi connectivity index (χ0v) is 11.1. The van der Waals surface area contributed by atoms with Crippen LogP contribution in [-0.4, -0.2) is 35.6 Å². The fourth-order valence-electron chi connectivity index (χ4n) is 2.07. The fourth-order valence-corrected chi connectivity index (χ4v) is 2.15. The van der Waals surface area contributed by atoms with Crippen LogP contribution in [0.15, 0.2) is 11.6 Å². The van der Waals surface area contributed by atoms with Gasteiger partial charge in [-0.3, -0.25) is 4.90 Å². The van der Waals surface area contributed by atoms with Crippen LogP contribution in [0.3, 0.4) is 0 Å². The van der Waals surface area contributed by atoms with E-state index in [9.17, 15) is 0 Å². The number of rotatable bonds is 3. The summed E-state index contributed by atoms with van der Waals surface area (Å²) < 4.78 is 0. The predicted octanol–water partition coefficient (Wildman–Crippen LogP) is 2.59. The van der Waals surface area contributed by atoms with Crippen molar-refractivity contribution in [3.63, 3.8) is 0 Å². The van der Waals surface area contributed by atoms with E-state index in [1.54, 1.807) is 5.54 Å². The molecule has 88 valence electrons. The first-order valence-corrected chi connectivity index (χ1v) is 6.12. The molecular weight excluding hydrogens is 208 g/mol. The molecule has 15 heavy (non-hydrogen) atoms. The normalized spacial score (nSPS) is 32.3. The number of piperazine rings is 1. The number of nitrogens with one attached hydrogen (secondary N) is 1. The summed E-state index contributed by atoms with van der Waals surface area (Å²) in [6.45, 7) is 12.1. The molecule has 0 aromatic heterocycles. The number of hydrogen-bond acceptors (Lipinski definition) is 2. The maximum atomic E-state index is 5.61. The second kappa shape index (κ2) is 4.86. The predicted molar refractivity (Wildman–Crippen MR) is 67.3 cm³/mol. The van der Waals surface area contributed by atoms with Crippen molar-refractivity contribution in [1.82, 2.24) is 10.2 Å². The summed E-state index contributed by atoms with van der Waals surface area (Å²) in [5, 5.41) is 3.61. The molecule has 0 bridgehead atoms. The van der Waals surface area contributed by atoms with Crippen LogP contribution < -0.4 is 5.32 Å². The van der Waals surface area contributed by atoms with Crippen LogP contribution in [0.2, 0.25) is 0 Å². The Hall–Kier alpha value is -0.0500. The molecule has 1 N–H and O–H groups in total. The number of nitrogens with zero attached hydrogens (tertiary/aromatic N) is 1. The summed E-state index contributed by atoms with van der Waals surface area (Å²) in [5.74, 6) is 0. The molecule has 0 aromatic carbocycles. The third-order valence-electron chi connectivity index (χ3n) is 3.47. The molecule has 0 saturated carbocycles. The van der Waals surface area contributed by atoms with Crippen molar-refractivity contribution in [2.75, 3.05) is 19.6 Å². The van der Waals surface area contributed by atoms with Gasteiger partial charge in [0.1, 0.15) is 0 Å². The Bertz CT molecular complexity index is 238. The summed E-state index contributed by atoms with van der Waals surface area (Å²) in [7, 11) is 0. The van der Waals surface area contributed by atoms with Gasteiger partial charge in [0.2, 0.25) is 0 Å².